The van der Waals surface area contributed by atoms with Gasteiger partial charge in [-0.05, 0) is 30.9 Å². The monoisotopic (exact) mass is 283 g/mol. The van der Waals surface area contributed by atoms with Crippen molar-refractivity contribution in [2.45, 2.75) is 31.4 Å². The van der Waals surface area contributed by atoms with E-state index in [0.717, 1.165) is 37.2 Å². The molecule has 0 aromatic heterocycles. The normalized spacial score (nSPS) is 24.0. The summed E-state index contributed by atoms with van der Waals surface area (Å²) in [4.78, 5) is 0. The maximum absolute atomic E-state index is 6.30. The fraction of sp³-hybridized carbons (Fsp3) is 0.571. The minimum atomic E-state index is -0.219. The molecule has 5 heteroatoms. The SMILES string of the molecule is NC(c1cc2c(cc1Cl)OCCO2)C1CCCCO1. The van der Waals surface area contributed by atoms with Gasteiger partial charge in [0.25, 0.3) is 0 Å². The maximum atomic E-state index is 6.30. The van der Waals surface area contributed by atoms with Gasteiger partial charge >= 0.3 is 0 Å². The van der Waals surface area contributed by atoms with Gasteiger partial charge in [-0.25, -0.2) is 0 Å². The predicted molar refractivity (Wildman–Crippen MR) is 73.0 cm³/mol. The summed E-state index contributed by atoms with van der Waals surface area (Å²) in [7, 11) is 0. The first-order valence-corrected chi connectivity index (χ1v) is 7.10. The van der Waals surface area contributed by atoms with Crippen molar-refractivity contribution in [1.29, 1.82) is 0 Å². The number of fused-ring (bicyclic) bond motifs is 1. The first-order chi connectivity index (χ1) is 9.25. The summed E-state index contributed by atoms with van der Waals surface area (Å²) in [6, 6.07) is 3.46. The molecule has 0 spiro atoms. The molecular weight excluding hydrogens is 266 g/mol. The fourth-order valence-electron chi connectivity index (χ4n) is 2.58. The summed E-state index contributed by atoms with van der Waals surface area (Å²) in [5, 5.41) is 0.617. The zero-order valence-corrected chi connectivity index (χ0v) is 11.5. The van der Waals surface area contributed by atoms with Gasteiger partial charge in [-0.3, -0.25) is 0 Å². The molecule has 2 N–H and O–H groups in total. The van der Waals surface area contributed by atoms with Gasteiger partial charge in [-0.2, -0.15) is 0 Å². The van der Waals surface area contributed by atoms with Crippen molar-refractivity contribution >= 4 is 11.6 Å². The molecule has 2 heterocycles. The zero-order valence-electron chi connectivity index (χ0n) is 10.7. The van der Waals surface area contributed by atoms with Gasteiger partial charge in [0.05, 0.1) is 12.1 Å². The minimum absolute atomic E-state index is 0.0359. The Balaban J connectivity index is 1.86. The van der Waals surface area contributed by atoms with Crippen LogP contribution in [0.1, 0.15) is 30.9 Å². The van der Waals surface area contributed by atoms with E-state index in [4.69, 9.17) is 31.5 Å². The van der Waals surface area contributed by atoms with E-state index in [0.29, 0.717) is 24.0 Å². The van der Waals surface area contributed by atoms with Crippen LogP contribution in [0.2, 0.25) is 5.02 Å². The van der Waals surface area contributed by atoms with Gasteiger partial charge in [-0.1, -0.05) is 11.6 Å². The molecule has 1 fully saturated rings. The molecule has 19 heavy (non-hydrogen) atoms. The van der Waals surface area contributed by atoms with E-state index in [1.807, 2.05) is 6.07 Å². The Morgan fingerprint density at radius 3 is 2.53 bits per heavy atom. The quantitative estimate of drug-likeness (QED) is 0.907. The largest absolute Gasteiger partial charge is 0.486 e. The minimum Gasteiger partial charge on any atom is -0.486 e. The Labute approximate surface area is 117 Å². The highest BCUT2D eigenvalue weighted by Gasteiger charge is 2.26. The molecule has 1 saturated heterocycles. The summed E-state index contributed by atoms with van der Waals surface area (Å²) in [5.41, 5.74) is 7.17. The maximum Gasteiger partial charge on any atom is 0.162 e. The number of nitrogens with two attached hydrogens (primary N) is 1. The first kappa shape index (κ1) is 13.0. The lowest BCUT2D eigenvalue weighted by atomic mass is 9.96. The lowest BCUT2D eigenvalue weighted by molar-refractivity contribution is -0.0000474. The standard InChI is InChI=1S/C14H18ClNO3/c15-10-8-13-12(18-5-6-19-13)7-9(10)14(16)11-3-1-2-4-17-11/h7-8,11,14H,1-6,16H2. The Hall–Kier alpha value is -0.970. The number of benzene rings is 1. The van der Waals surface area contributed by atoms with Crippen molar-refractivity contribution < 1.29 is 14.2 Å². The molecule has 1 aromatic rings. The lowest BCUT2D eigenvalue weighted by Gasteiger charge is -2.29. The van der Waals surface area contributed by atoms with Crippen LogP contribution in [-0.2, 0) is 4.74 Å². The van der Waals surface area contributed by atoms with Gasteiger partial charge < -0.3 is 19.9 Å². The fourth-order valence-corrected chi connectivity index (χ4v) is 2.86. The van der Waals surface area contributed by atoms with Crippen LogP contribution in [-0.4, -0.2) is 25.9 Å². The van der Waals surface area contributed by atoms with Gasteiger partial charge in [0.15, 0.2) is 11.5 Å². The molecule has 2 unspecified atom stereocenters. The van der Waals surface area contributed by atoms with E-state index in [1.165, 1.54) is 0 Å². The third-order valence-electron chi connectivity index (χ3n) is 3.64. The van der Waals surface area contributed by atoms with Gasteiger partial charge in [-0.15, -0.1) is 0 Å². The summed E-state index contributed by atoms with van der Waals surface area (Å²) < 4.78 is 16.8. The van der Waals surface area contributed by atoms with E-state index in [1.54, 1.807) is 6.07 Å². The van der Waals surface area contributed by atoms with Crippen molar-refractivity contribution in [2.24, 2.45) is 5.73 Å². The molecule has 3 rings (SSSR count). The van der Waals surface area contributed by atoms with Crippen molar-refractivity contribution in [2.75, 3.05) is 19.8 Å². The molecule has 0 saturated carbocycles. The number of halogens is 1. The van der Waals surface area contributed by atoms with Crippen LogP contribution in [0.25, 0.3) is 0 Å². The third-order valence-corrected chi connectivity index (χ3v) is 3.96. The zero-order chi connectivity index (χ0) is 13.2. The van der Waals surface area contributed by atoms with Crippen LogP contribution < -0.4 is 15.2 Å². The molecule has 1 aromatic carbocycles. The summed E-state index contributed by atoms with van der Waals surface area (Å²) >= 11 is 6.30. The van der Waals surface area contributed by atoms with Crippen LogP contribution in [0.4, 0.5) is 0 Å². The molecule has 4 nitrogen and oxygen atoms in total. The highest BCUT2D eigenvalue weighted by atomic mass is 35.5. The van der Waals surface area contributed by atoms with Crippen LogP contribution in [0.5, 0.6) is 11.5 Å². The van der Waals surface area contributed by atoms with Crippen molar-refractivity contribution in [3.05, 3.63) is 22.7 Å². The number of ether oxygens (including phenoxy) is 3. The second kappa shape index (κ2) is 5.57. The summed E-state index contributed by atoms with van der Waals surface area (Å²) in [6.45, 7) is 1.89. The van der Waals surface area contributed by atoms with Crippen LogP contribution in [0, 0.1) is 0 Å². The van der Waals surface area contributed by atoms with Crippen molar-refractivity contribution in [3.8, 4) is 11.5 Å². The molecule has 104 valence electrons. The number of hydrogen-bond donors (Lipinski definition) is 1. The molecule has 0 bridgehead atoms. The Morgan fingerprint density at radius 1 is 1.11 bits per heavy atom. The van der Waals surface area contributed by atoms with Gasteiger partial charge in [0.1, 0.15) is 13.2 Å². The van der Waals surface area contributed by atoms with E-state index >= 15 is 0 Å². The molecule has 0 aliphatic carbocycles. The number of rotatable bonds is 2. The van der Waals surface area contributed by atoms with Crippen LogP contribution >= 0.6 is 11.6 Å². The molecule has 2 aliphatic rings. The highest BCUT2D eigenvalue weighted by molar-refractivity contribution is 6.31. The highest BCUT2D eigenvalue weighted by Crippen LogP contribution is 2.39. The van der Waals surface area contributed by atoms with Gasteiger partial charge in [0.2, 0.25) is 0 Å². The van der Waals surface area contributed by atoms with E-state index < -0.39 is 0 Å². The van der Waals surface area contributed by atoms with Crippen molar-refractivity contribution in [1.82, 2.24) is 0 Å². The summed E-state index contributed by atoms with van der Waals surface area (Å²) in [6.07, 6.45) is 3.28. The average Bonchev–Trinajstić information content (AvgIpc) is 2.47. The summed E-state index contributed by atoms with van der Waals surface area (Å²) in [5.74, 6) is 1.41. The Bertz CT molecular complexity index is 460. The molecule has 0 amide bonds. The molecule has 2 atom stereocenters. The van der Waals surface area contributed by atoms with Crippen molar-refractivity contribution in [3.63, 3.8) is 0 Å². The first-order valence-electron chi connectivity index (χ1n) is 6.72. The predicted octanol–water partition coefficient (Wildman–Crippen LogP) is 2.68. The van der Waals surface area contributed by atoms with Crippen LogP contribution in [0.15, 0.2) is 12.1 Å². The molecule has 2 aliphatic heterocycles. The third kappa shape index (κ3) is 2.66. The Kier molecular flexibility index (Phi) is 3.82. The van der Waals surface area contributed by atoms with E-state index in [2.05, 4.69) is 0 Å². The smallest absolute Gasteiger partial charge is 0.162 e. The topological polar surface area (TPSA) is 53.7 Å². The molecule has 0 radical (unpaired) electrons. The van der Waals surface area contributed by atoms with E-state index in [-0.39, 0.29) is 12.1 Å². The van der Waals surface area contributed by atoms with E-state index in [9.17, 15) is 0 Å². The number of hydrogen-bond acceptors (Lipinski definition) is 4. The van der Waals surface area contributed by atoms with Crippen LogP contribution in [0.3, 0.4) is 0 Å². The second-order valence-electron chi connectivity index (χ2n) is 4.95. The molecular formula is C14H18ClNO3. The van der Waals surface area contributed by atoms with Gasteiger partial charge in [0, 0.05) is 17.7 Å². The second-order valence-corrected chi connectivity index (χ2v) is 5.36. The average molecular weight is 284 g/mol. The lowest BCUT2D eigenvalue weighted by Crippen LogP contribution is -2.32. The Morgan fingerprint density at radius 2 is 1.84 bits per heavy atom.